The van der Waals surface area contributed by atoms with E-state index in [0.717, 1.165) is 31.4 Å². The quantitative estimate of drug-likeness (QED) is 0.747. The number of alkyl halides is 3. The van der Waals surface area contributed by atoms with Gasteiger partial charge in [-0.05, 0) is 49.3 Å². The summed E-state index contributed by atoms with van der Waals surface area (Å²) in [6.45, 7) is 2.12. The summed E-state index contributed by atoms with van der Waals surface area (Å²) in [5.41, 5.74) is -1.39. The van der Waals surface area contributed by atoms with E-state index in [4.69, 9.17) is 0 Å². The van der Waals surface area contributed by atoms with Gasteiger partial charge in [-0.3, -0.25) is 0 Å². The Balaban J connectivity index is 2.30. The molecule has 0 saturated heterocycles. The standard InChI is InChI=1S/C15H19F3O/c1-11-4-3-8-14(19,9-7-11)12-5-2-6-13(10-12)15(16,17)18/h2,5-6,10-11,19H,3-4,7-9H2,1H3. The molecule has 2 unspecified atom stereocenters. The van der Waals surface area contributed by atoms with Crippen LogP contribution in [0.2, 0.25) is 0 Å². The molecule has 106 valence electrons. The van der Waals surface area contributed by atoms with Gasteiger partial charge in [0.15, 0.2) is 0 Å². The maximum atomic E-state index is 12.7. The van der Waals surface area contributed by atoms with Crippen LogP contribution in [0.25, 0.3) is 0 Å². The van der Waals surface area contributed by atoms with Crippen molar-refractivity contribution in [3.05, 3.63) is 35.4 Å². The second-order valence-corrected chi connectivity index (χ2v) is 5.65. The molecule has 1 saturated carbocycles. The Hall–Kier alpha value is -1.03. The van der Waals surface area contributed by atoms with Crippen molar-refractivity contribution in [2.45, 2.75) is 50.8 Å². The number of hydrogen-bond donors (Lipinski definition) is 1. The molecule has 2 rings (SSSR count). The van der Waals surface area contributed by atoms with E-state index in [1.807, 2.05) is 0 Å². The maximum absolute atomic E-state index is 12.7. The Kier molecular flexibility index (Phi) is 3.90. The Bertz CT molecular complexity index is 441. The van der Waals surface area contributed by atoms with E-state index in [2.05, 4.69) is 6.92 Å². The number of benzene rings is 1. The summed E-state index contributed by atoms with van der Waals surface area (Å²) in [6, 6.07) is 5.12. The third-order valence-corrected chi connectivity index (χ3v) is 4.07. The lowest BCUT2D eigenvalue weighted by Crippen LogP contribution is -2.25. The molecule has 1 nitrogen and oxygen atoms in total. The van der Waals surface area contributed by atoms with Crippen molar-refractivity contribution >= 4 is 0 Å². The normalized spacial score (nSPS) is 29.0. The van der Waals surface area contributed by atoms with E-state index < -0.39 is 17.3 Å². The zero-order valence-corrected chi connectivity index (χ0v) is 11.0. The predicted molar refractivity (Wildman–Crippen MR) is 67.6 cm³/mol. The molecule has 0 bridgehead atoms. The Labute approximate surface area is 111 Å². The highest BCUT2D eigenvalue weighted by molar-refractivity contribution is 5.30. The van der Waals surface area contributed by atoms with E-state index in [9.17, 15) is 18.3 Å². The molecular formula is C15H19F3O. The van der Waals surface area contributed by atoms with Crippen LogP contribution in [0.15, 0.2) is 24.3 Å². The summed E-state index contributed by atoms with van der Waals surface area (Å²) < 4.78 is 38.2. The lowest BCUT2D eigenvalue weighted by molar-refractivity contribution is -0.137. The van der Waals surface area contributed by atoms with Crippen LogP contribution in [0.5, 0.6) is 0 Å². The van der Waals surface area contributed by atoms with Crippen molar-refractivity contribution in [1.82, 2.24) is 0 Å². The molecule has 1 aromatic carbocycles. The second-order valence-electron chi connectivity index (χ2n) is 5.65. The Morgan fingerprint density at radius 2 is 1.95 bits per heavy atom. The molecule has 1 fully saturated rings. The fourth-order valence-electron chi connectivity index (χ4n) is 2.77. The van der Waals surface area contributed by atoms with Gasteiger partial charge in [-0.15, -0.1) is 0 Å². The molecular weight excluding hydrogens is 253 g/mol. The summed E-state index contributed by atoms with van der Waals surface area (Å²) in [6.07, 6.45) is -0.541. The summed E-state index contributed by atoms with van der Waals surface area (Å²) in [5.74, 6) is 0.528. The van der Waals surface area contributed by atoms with Gasteiger partial charge < -0.3 is 5.11 Å². The highest BCUT2D eigenvalue weighted by Gasteiger charge is 2.35. The molecule has 1 aromatic rings. The molecule has 0 spiro atoms. The van der Waals surface area contributed by atoms with Crippen LogP contribution in [0.4, 0.5) is 13.2 Å². The molecule has 4 heteroatoms. The van der Waals surface area contributed by atoms with Crippen molar-refractivity contribution in [2.75, 3.05) is 0 Å². The molecule has 1 aliphatic rings. The minimum atomic E-state index is -4.36. The third kappa shape index (κ3) is 3.30. The fraction of sp³-hybridized carbons (Fsp3) is 0.600. The van der Waals surface area contributed by atoms with Gasteiger partial charge in [0.1, 0.15) is 0 Å². The predicted octanol–water partition coefficient (Wildman–Crippen LogP) is 4.49. The fourth-order valence-corrected chi connectivity index (χ4v) is 2.77. The summed E-state index contributed by atoms with van der Waals surface area (Å²) in [7, 11) is 0. The SMILES string of the molecule is CC1CCCC(O)(c2cccc(C(F)(F)F)c2)CC1. The van der Waals surface area contributed by atoms with Gasteiger partial charge >= 0.3 is 6.18 Å². The van der Waals surface area contributed by atoms with Crippen LogP contribution in [0, 0.1) is 5.92 Å². The first-order valence-corrected chi connectivity index (χ1v) is 6.71. The molecule has 0 heterocycles. The van der Waals surface area contributed by atoms with Crippen LogP contribution < -0.4 is 0 Å². The van der Waals surface area contributed by atoms with Crippen molar-refractivity contribution in [3.63, 3.8) is 0 Å². The number of halogens is 3. The van der Waals surface area contributed by atoms with E-state index in [1.54, 1.807) is 6.07 Å². The van der Waals surface area contributed by atoms with E-state index in [-0.39, 0.29) is 0 Å². The molecule has 1 aliphatic carbocycles. The van der Waals surface area contributed by atoms with E-state index >= 15 is 0 Å². The first-order valence-electron chi connectivity index (χ1n) is 6.71. The van der Waals surface area contributed by atoms with Crippen LogP contribution in [-0.4, -0.2) is 5.11 Å². The molecule has 0 aromatic heterocycles. The smallest absolute Gasteiger partial charge is 0.385 e. The van der Waals surface area contributed by atoms with Crippen molar-refractivity contribution in [3.8, 4) is 0 Å². The van der Waals surface area contributed by atoms with Crippen LogP contribution in [-0.2, 0) is 11.8 Å². The highest BCUT2D eigenvalue weighted by Crippen LogP contribution is 2.39. The van der Waals surface area contributed by atoms with Crippen molar-refractivity contribution < 1.29 is 18.3 Å². The monoisotopic (exact) mass is 272 g/mol. The minimum Gasteiger partial charge on any atom is -0.385 e. The third-order valence-electron chi connectivity index (χ3n) is 4.07. The average molecular weight is 272 g/mol. The molecule has 0 radical (unpaired) electrons. The van der Waals surface area contributed by atoms with Gasteiger partial charge in [-0.25, -0.2) is 0 Å². The summed E-state index contributed by atoms with van der Waals surface area (Å²) >= 11 is 0. The van der Waals surface area contributed by atoms with E-state index in [1.165, 1.54) is 6.07 Å². The van der Waals surface area contributed by atoms with Gasteiger partial charge in [-0.2, -0.15) is 13.2 Å². The van der Waals surface area contributed by atoms with E-state index in [0.29, 0.717) is 24.3 Å². The van der Waals surface area contributed by atoms with Gasteiger partial charge in [-0.1, -0.05) is 25.5 Å². The average Bonchev–Trinajstić information content (AvgIpc) is 2.52. The van der Waals surface area contributed by atoms with Crippen LogP contribution >= 0.6 is 0 Å². The number of hydrogen-bond acceptors (Lipinski definition) is 1. The first kappa shape index (κ1) is 14.4. The zero-order valence-electron chi connectivity index (χ0n) is 11.0. The van der Waals surface area contributed by atoms with Crippen molar-refractivity contribution in [2.24, 2.45) is 5.92 Å². The van der Waals surface area contributed by atoms with Gasteiger partial charge in [0, 0.05) is 0 Å². The molecule has 19 heavy (non-hydrogen) atoms. The first-order chi connectivity index (χ1) is 8.81. The lowest BCUT2D eigenvalue weighted by atomic mass is 9.85. The Morgan fingerprint density at radius 1 is 1.21 bits per heavy atom. The molecule has 0 aliphatic heterocycles. The minimum absolute atomic E-state index is 0.399. The largest absolute Gasteiger partial charge is 0.416 e. The van der Waals surface area contributed by atoms with Gasteiger partial charge in [0.2, 0.25) is 0 Å². The molecule has 1 N–H and O–H groups in total. The summed E-state index contributed by atoms with van der Waals surface area (Å²) in [5, 5.41) is 10.7. The van der Waals surface area contributed by atoms with Crippen LogP contribution in [0.1, 0.15) is 50.2 Å². The van der Waals surface area contributed by atoms with Gasteiger partial charge in [0.25, 0.3) is 0 Å². The molecule has 0 amide bonds. The second kappa shape index (κ2) is 5.16. The topological polar surface area (TPSA) is 20.2 Å². The number of aliphatic hydroxyl groups is 1. The lowest BCUT2D eigenvalue weighted by Gasteiger charge is -2.28. The number of rotatable bonds is 1. The van der Waals surface area contributed by atoms with Gasteiger partial charge in [0.05, 0.1) is 11.2 Å². The molecule has 2 atom stereocenters. The zero-order chi connectivity index (χ0) is 14.1. The van der Waals surface area contributed by atoms with Crippen LogP contribution in [0.3, 0.4) is 0 Å². The summed E-state index contributed by atoms with van der Waals surface area (Å²) in [4.78, 5) is 0. The maximum Gasteiger partial charge on any atom is 0.416 e. The Morgan fingerprint density at radius 3 is 2.63 bits per heavy atom. The highest BCUT2D eigenvalue weighted by atomic mass is 19.4. The van der Waals surface area contributed by atoms with Crippen molar-refractivity contribution in [1.29, 1.82) is 0 Å².